The van der Waals surface area contributed by atoms with Gasteiger partial charge in [-0.25, -0.2) is 0 Å². The zero-order chi connectivity index (χ0) is 7.84. The van der Waals surface area contributed by atoms with Crippen LogP contribution >= 0.6 is 22.6 Å². The Balaban J connectivity index is 3.04. The van der Waals surface area contributed by atoms with Crippen molar-refractivity contribution in [3.05, 3.63) is 38.3 Å². The number of hydrogen-bond acceptors (Lipinski definition) is 1. The second-order valence-electron chi connectivity index (χ2n) is 2.21. The minimum absolute atomic E-state index is 0.0307. The van der Waals surface area contributed by atoms with E-state index in [1.54, 1.807) is 4.52 Å². The highest BCUT2D eigenvalue weighted by Gasteiger charge is 2.01. The molecule has 1 N–H and O–H groups in total. The van der Waals surface area contributed by atoms with Crippen molar-refractivity contribution in [2.45, 2.75) is 0 Å². The highest BCUT2D eigenvalue weighted by atomic mass is 127. The summed E-state index contributed by atoms with van der Waals surface area (Å²) in [6, 6.07) is 5.68. The van der Waals surface area contributed by atoms with E-state index in [2.05, 4.69) is 5.10 Å². The van der Waals surface area contributed by atoms with Crippen LogP contribution in [0.25, 0.3) is 5.52 Å². The van der Waals surface area contributed by atoms with E-state index in [0.717, 1.165) is 9.09 Å². The van der Waals surface area contributed by atoms with E-state index in [1.807, 2.05) is 47.0 Å². The molecule has 2 heterocycles. The Bertz CT molecular complexity index is 443. The number of fused-ring (bicyclic) bond motifs is 1. The number of nitrogens with zero attached hydrogens (tertiary/aromatic N) is 1. The minimum Gasteiger partial charge on any atom is -0.267 e. The highest BCUT2D eigenvalue weighted by molar-refractivity contribution is 14.1. The van der Waals surface area contributed by atoms with Gasteiger partial charge in [0.25, 0.3) is 5.56 Å². The van der Waals surface area contributed by atoms with Gasteiger partial charge in [-0.05, 0) is 34.7 Å². The molecule has 0 aromatic carbocycles. The Morgan fingerprint density at radius 1 is 1.45 bits per heavy atom. The van der Waals surface area contributed by atoms with Gasteiger partial charge in [-0.1, -0.05) is 6.07 Å². The van der Waals surface area contributed by atoms with Gasteiger partial charge in [0.15, 0.2) is 0 Å². The molecule has 0 aliphatic heterocycles. The fraction of sp³-hybridized carbons (Fsp3) is 0. The molecule has 2 rings (SSSR count). The molecule has 56 valence electrons. The van der Waals surface area contributed by atoms with Gasteiger partial charge in [-0.15, -0.1) is 0 Å². The predicted octanol–water partition coefficient (Wildman–Crippen LogP) is 1.23. The fourth-order valence-electron chi connectivity index (χ4n) is 0.994. The summed E-state index contributed by atoms with van der Waals surface area (Å²) in [7, 11) is 0. The van der Waals surface area contributed by atoms with Crippen molar-refractivity contribution in [3.8, 4) is 0 Å². The summed E-state index contributed by atoms with van der Waals surface area (Å²) in [5, 5.41) is 2.68. The molecule has 0 unspecified atom stereocenters. The number of nitrogens with one attached hydrogen (secondary N) is 1. The van der Waals surface area contributed by atoms with E-state index in [4.69, 9.17) is 0 Å². The summed E-state index contributed by atoms with van der Waals surface area (Å²) in [5.41, 5.74) is 0.898. The standard InChI is InChI=1S/C7H5IN2O/c8-6-5-3-1-2-4-10(5)9-7(6)11/h1-4H,(H,9,11). The molecule has 2 aromatic heterocycles. The summed E-state index contributed by atoms with van der Waals surface area (Å²) in [5.74, 6) is 0. The lowest BCUT2D eigenvalue weighted by atomic mass is 10.4. The van der Waals surface area contributed by atoms with E-state index in [1.165, 1.54) is 0 Å². The zero-order valence-corrected chi connectivity index (χ0v) is 7.70. The molecule has 0 saturated heterocycles. The van der Waals surface area contributed by atoms with Crippen molar-refractivity contribution in [1.82, 2.24) is 9.61 Å². The topological polar surface area (TPSA) is 37.3 Å². The van der Waals surface area contributed by atoms with Crippen LogP contribution in [0.15, 0.2) is 29.2 Å². The predicted molar refractivity (Wildman–Crippen MR) is 50.7 cm³/mol. The van der Waals surface area contributed by atoms with Crippen LogP contribution in [0.1, 0.15) is 0 Å². The molecule has 0 fully saturated rings. The molecule has 2 aromatic rings. The second-order valence-corrected chi connectivity index (χ2v) is 3.29. The van der Waals surface area contributed by atoms with Crippen molar-refractivity contribution in [1.29, 1.82) is 0 Å². The van der Waals surface area contributed by atoms with Crippen LogP contribution in [0.4, 0.5) is 0 Å². The van der Waals surface area contributed by atoms with Crippen molar-refractivity contribution < 1.29 is 0 Å². The first-order valence-corrected chi connectivity index (χ1v) is 4.22. The Morgan fingerprint density at radius 2 is 2.27 bits per heavy atom. The van der Waals surface area contributed by atoms with Gasteiger partial charge in [0.05, 0.1) is 5.52 Å². The third-order valence-electron chi connectivity index (χ3n) is 1.51. The molecular formula is C7H5IN2O. The number of H-pyrrole nitrogens is 1. The number of aromatic amines is 1. The molecule has 11 heavy (non-hydrogen) atoms. The third kappa shape index (κ3) is 0.973. The second kappa shape index (κ2) is 2.37. The summed E-state index contributed by atoms with van der Waals surface area (Å²) in [6.07, 6.45) is 1.82. The number of rotatable bonds is 0. The first kappa shape index (κ1) is 6.90. The van der Waals surface area contributed by atoms with E-state index < -0.39 is 0 Å². The van der Waals surface area contributed by atoms with Crippen LogP contribution in [0.3, 0.4) is 0 Å². The molecule has 0 saturated carbocycles. The van der Waals surface area contributed by atoms with Crippen molar-refractivity contribution in [2.24, 2.45) is 0 Å². The quantitative estimate of drug-likeness (QED) is 0.711. The first-order chi connectivity index (χ1) is 5.29. The van der Waals surface area contributed by atoms with Crippen molar-refractivity contribution in [2.75, 3.05) is 0 Å². The number of aromatic nitrogens is 2. The van der Waals surface area contributed by atoms with Crippen LogP contribution < -0.4 is 5.56 Å². The monoisotopic (exact) mass is 260 g/mol. The van der Waals surface area contributed by atoms with Gasteiger partial charge in [0.1, 0.15) is 3.57 Å². The maximum atomic E-state index is 11.1. The van der Waals surface area contributed by atoms with Crippen LogP contribution in [0.5, 0.6) is 0 Å². The summed E-state index contributed by atoms with van der Waals surface area (Å²) in [4.78, 5) is 11.1. The van der Waals surface area contributed by atoms with Gasteiger partial charge in [0, 0.05) is 6.20 Å². The normalized spacial score (nSPS) is 10.6. The summed E-state index contributed by atoms with van der Waals surface area (Å²) < 4.78 is 2.45. The molecule has 3 nitrogen and oxygen atoms in total. The SMILES string of the molecule is O=c1[nH]n2ccccc2c1I. The average Bonchev–Trinajstić information content (AvgIpc) is 2.30. The van der Waals surface area contributed by atoms with Gasteiger partial charge in [-0.2, -0.15) is 0 Å². The highest BCUT2D eigenvalue weighted by Crippen LogP contribution is 2.06. The summed E-state index contributed by atoms with van der Waals surface area (Å²) in [6.45, 7) is 0. The van der Waals surface area contributed by atoms with Crippen molar-refractivity contribution in [3.63, 3.8) is 0 Å². The van der Waals surface area contributed by atoms with Gasteiger partial charge in [-0.3, -0.25) is 14.4 Å². The lowest BCUT2D eigenvalue weighted by Crippen LogP contribution is -2.01. The van der Waals surface area contributed by atoms with Gasteiger partial charge >= 0.3 is 0 Å². The van der Waals surface area contributed by atoms with E-state index in [-0.39, 0.29) is 5.56 Å². The van der Waals surface area contributed by atoms with E-state index >= 15 is 0 Å². The Labute approximate surface area is 76.2 Å². The van der Waals surface area contributed by atoms with Crippen LogP contribution in [-0.4, -0.2) is 9.61 Å². The first-order valence-electron chi connectivity index (χ1n) is 3.14. The Kier molecular flexibility index (Phi) is 1.49. The van der Waals surface area contributed by atoms with Crippen LogP contribution in [0.2, 0.25) is 0 Å². The molecule has 0 atom stereocenters. The molecule has 0 aliphatic rings. The van der Waals surface area contributed by atoms with Gasteiger partial charge in [0.2, 0.25) is 0 Å². The molecule has 4 heteroatoms. The molecule has 0 bridgehead atoms. The third-order valence-corrected chi connectivity index (χ3v) is 2.55. The van der Waals surface area contributed by atoms with E-state index in [0.29, 0.717) is 0 Å². The Hall–Kier alpha value is -0.780. The smallest absolute Gasteiger partial charge is 0.267 e. The molecule has 0 amide bonds. The molecule has 0 aliphatic carbocycles. The maximum Gasteiger partial charge on any atom is 0.278 e. The van der Waals surface area contributed by atoms with Crippen molar-refractivity contribution >= 4 is 28.1 Å². The average molecular weight is 260 g/mol. The number of halogens is 1. The lowest BCUT2D eigenvalue weighted by molar-refractivity contribution is 0.937. The lowest BCUT2D eigenvalue weighted by Gasteiger charge is -1.89. The van der Waals surface area contributed by atoms with Crippen LogP contribution in [0, 0.1) is 3.57 Å². The van der Waals surface area contributed by atoms with E-state index in [9.17, 15) is 4.79 Å². The molecule has 0 spiro atoms. The fourth-order valence-corrected chi connectivity index (χ4v) is 1.55. The largest absolute Gasteiger partial charge is 0.278 e. The number of hydrogen-bond donors (Lipinski definition) is 1. The molecule has 0 radical (unpaired) electrons. The maximum absolute atomic E-state index is 11.1. The zero-order valence-electron chi connectivity index (χ0n) is 5.54. The number of pyridine rings is 1. The minimum atomic E-state index is -0.0307. The van der Waals surface area contributed by atoms with Gasteiger partial charge < -0.3 is 0 Å². The Morgan fingerprint density at radius 3 is 3.00 bits per heavy atom. The summed E-state index contributed by atoms with van der Waals surface area (Å²) >= 11 is 2.03. The molecular weight excluding hydrogens is 255 g/mol. The van der Waals surface area contributed by atoms with Crippen LogP contribution in [-0.2, 0) is 0 Å².